The van der Waals surface area contributed by atoms with Crippen LogP contribution in [-0.4, -0.2) is 32.5 Å². The van der Waals surface area contributed by atoms with Crippen molar-refractivity contribution in [2.45, 2.75) is 6.10 Å². The molecule has 0 amide bonds. The summed E-state index contributed by atoms with van der Waals surface area (Å²) in [5, 5.41) is 10.7. The van der Waals surface area contributed by atoms with Crippen molar-refractivity contribution in [2.24, 2.45) is 0 Å². The molecule has 1 fully saturated rings. The predicted molar refractivity (Wildman–Crippen MR) is 34.2 cm³/mol. The second-order valence-corrected chi connectivity index (χ2v) is 2.06. The Bertz CT molecular complexity index is 126. The third-order valence-corrected chi connectivity index (χ3v) is 1.29. The number of nitrogens with zero attached hydrogens (tertiary/aromatic N) is 1. The first-order chi connectivity index (χ1) is 4.93. The highest BCUT2D eigenvalue weighted by Crippen LogP contribution is 1.97. The van der Waals surface area contributed by atoms with E-state index in [0.29, 0.717) is 26.4 Å². The van der Waals surface area contributed by atoms with Gasteiger partial charge in [-0.3, -0.25) is 0 Å². The van der Waals surface area contributed by atoms with E-state index in [0.717, 1.165) is 0 Å². The minimum absolute atomic E-state index is 0.0494. The van der Waals surface area contributed by atoms with E-state index in [2.05, 4.69) is 5.32 Å². The second kappa shape index (κ2) is 4.09. The summed E-state index contributed by atoms with van der Waals surface area (Å²) in [5.41, 5.74) is 0. The Balaban J connectivity index is 2.09. The van der Waals surface area contributed by atoms with Crippen LogP contribution < -0.4 is 5.32 Å². The molecule has 4 heteroatoms. The molecular formula is C6H10N2O2. The second-order valence-electron chi connectivity index (χ2n) is 2.06. The van der Waals surface area contributed by atoms with Crippen LogP contribution in [0.15, 0.2) is 0 Å². The molecule has 0 saturated carbocycles. The first-order valence-corrected chi connectivity index (χ1v) is 3.25. The smallest absolute Gasteiger partial charge is 0.176 e. The van der Waals surface area contributed by atoms with E-state index >= 15 is 0 Å². The average Bonchev–Trinajstić information content (AvgIpc) is 2.03. The molecule has 0 radical (unpaired) electrons. The quantitative estimate of drug-likeness (QED) is 0.416. The summed E-state index contributed by atoms with van der Waals surface area (Å²) >= 11 is 0. The van der Waals surface area contributed by atoms with Crippen LogP contribution in [0.4, 0.5) is 0 Å². The molecule has 4 nitrogen and oxygen atoms in total. The van der Waals surface area contributed by atoms with Crippen molar-refractivity contribution in [1.82, 2.24) is 5.32 Å². The summed E-state index contributed by atoms with van der Waals surface area (Å²) in [6, 6.07) is 0. The molecule has 1 aliphatic heterocycles. The summed E-state index contributed by atoms with van der Waals surface area (Å²) in [4.78, 5) is 0. The highest BCUT2D eigenvalue weighted by molar-refractivity contribution is 4.71. The lowest BCUT2D eigenvalue weighted by molar-refractivity contribution is -0.0852. The molecule has 1 N–H and O–H groups in total. The van der Waals surface area contributed by atoms with E-state index in [4.69, 9.17) is 14.7 Å². The zero-order chi connectivity index (χ0) is 7.23. The third-order valence-electron chi connectivity index (χ3n) is 1.29. The zero-order valence-electron chi connectivity index (χ0n) is 5.67. The standard InChI is InChI=1S/C6H10N2O2/c7-5-8-3-6-4-9-1-2-10-6/h6,8H,1-4H2. The molecule has 0 aromatic heterocycles. The van der Waals surface area contributed by atoms with Gasteiger partial charge in [-0.15, -0.1) is 0 Å². The van der Waals surface area contributed by atoms with Crippen molar-refractivity contribution in [3.8, 4) is 6.19 Å². The lowest BCUT2D eigenvalue weighted by Crippen LogP contribution is -2.35. The normalized spacial score (nSPS) is 25.3. The van der Waals surface area contributed by atoms with Gasteiger partial charge in [0.1, 0.15) is 0 Å². The van der Waals surface area contributed by atoms with Crippen LogP contribution >= 0.6 is 0 Å². The van der Waals surface area contributed by atoms with Gasteiger partial charge in [0.25, 0.3) is 0 Å². The number of hydrogen-bond acceptors (Lipinski definition) is 4. The van der Waals surface area contributed by atoms with Gasteiger partial charge >= 0.3 is 0 Å². The monoisotopic (exact) mass is 142 g/mol. The molecule has 1 saturated heterocycles. The number of rotatable bonds is 2. The Morgan fingerprint density at radius 2 is 2.50 bits per heavy atom. The fourth-order valence-corrected chi connectivity index (χ4v) is 0.814. The maximum absolute atomic E-state index is 8.14. The molecular weight excluding hydrogens is 132 g/mol. The Morgan fingerprint density at radius 3 is 3.10 bits per heavy atom. The van der Waals surface area contributed by atoms with Crippen LogP contribution in [0.3, 0.4) is 0 Å². The highest BCUT2D eigenvalue weighted by Gasteiger charge is 2.12. The van der Waals surface area contributed by atoms with Gasteiger partial charge in [-0.05, 0) is 0 Å². The first-order valence-electron chi connectivity index (χ1n) is 3.25. The van der Waals surface area contributed by atoms with Crippen molar-refractivity contribution in [3.63, 3.8) is 0 Å². The SMILES string of the molecule is N#CNCC1COCCO1. The molecule has 0 bridgehead atoms. The fraction of sp³-hybridized carbons (Fsp3) is 0.833. The van der Waals surface area contributed by atoms with Gasteiger partial charge in [-0.2, -0.15) is 5.26 Å². The van der Waals surface area contributed by atoms with Gasteiger partial charge in [0.05, 0.1) is 32.5 Å². The van der Waals surface area contributed by atoms with Gasteiger partial charge in [0.2, 0.25) is 0 Å². The Hall–Kier alpha value is -0.790. The third kappa shape index (κ3) is 2.21. The van der Waals surface area contributed by atoms with E-state index in [-0.39, 0.29) is 6.10 Å². The van der Waals surface area contributed by atoms with Crippen LogP contribution in [-0.2, 0) is 9.47 Å². The van der Waals surface area contributed by atoms with Crippen molar-refractivity contribution >= 4 is 0 Å². The Kier molecular flexibility index (Phi) is 3.00. The largest absolute Gasteiger partial charge is 0.376 e. The molecule has 0 aliphatic carbocycles. The molecule has 1 unspecified atom stereocenters. The summed E-state index contributed by atoms with van der Waals surface area (Å²) in [7, 11) is 0. The highest BCUT2D eigenvalue weighted by atomic mass is 16.6. The van der Waals surface area contributed by atoms with Crippen LogP contribution in [0.2, 0.25) is 0 Å². The van der Waals surface area contributed by atoms with Crippen LogP contribution in [0, 0.1) is 11.5 Å². The first kappa shape index (κ1) is 7.32. The zero-order valence-corrected chi connectivity index (χ0v) is 5.67. The molecule has 1 atom stereocenters. The Morgan fingerprint density at radius 1 is 1.60 bits per heavy atom. The van der Waals surface area contributed by atoms with Gasteiger partial charge in [-0.1, -0.05) is 0 Å². The van der Waals surface area contributed by atoms with E-state index in [1.807, 2.05) is 6.19 Å². The number of hydrogen-bond donors (Lipinski definition) is 1. The average molecular weight is 142 g/mol. The van der Waals surface area contributed by atoms with Gasteiger partial charge in [-0.25, -0.2) is 0 Å². The topological polar surface area (TPSA) is 54.3 Å². The molecule has 0 aromatic carbocycles. The van der Waals surface area contributed by atoms with Crippen molar-refractivity contribution in [1.29, 1.82) is 5.26 Å². The van der Waals surface area contributed by atoms with Crippen molar-refractivity contribution in [2.75, 3.05) is 26.4 Å². The van der Waals surface area contributed by atoms with Crippen LogP contribution in [0.5, 0.6) is 0 Å². The lowest BCUT2D eigenvalue weighted by Gasteiger charge is -2.21. The van der Waals surface area contributed by atoms with Crippen LogP contribution in [0.1, 0.15) is 0 Å². The molecule has 1 heterocycles. The maximum Gasteiger partial charge on any atom is 0.176 e. The predicted octanol–water partition coefficient (Wildman–Crippen LogP) is -0.528. The van der Waals surface area contributed by atoms with E-state index < -0.39 is 0 Å². The van der Waals surface area contributed by atoms with E-state index in [1.54, 1.807) is 0 Å². The number of nitriles is 1. The van der Waals surface area contributed by atoms with Gasteiger partial charge in [0, 0.05) is 0 Å². The summed E-state index contributed by atoms with van der Waals surface area (Å²) in [6.45, 7) is 2.45. The van der Waals surface area contributed by atoms with Crippen LogP contribution in [0.25, 0.3) is 0 Å². The molecule has 10 heavy (non-hydrogen) atoms. The van der Waals surface area contributed by atoms with Crippen molar-refractivity contribution in [3.05, 3.63) is 0 Å². The minimum Gasteiger partial charge on any atom is -0.376 e. The summed E-state index contributed by atoms with van der Waals surface area (Å²) in [5.74, 6) is 0. The molecule has 56 valence electrons. The Labute approximate surface area is 59.7 Å². The number of nitrogens with one attached hydrogen (secondary N) is 1. The molecule has 0 aromatic rings. The van der Waals surface area contributed by atoms with Gasteiger partial charge < -0.3 is 14.8 Å². The van der Waals surface area contributed by atoms with Gasteiger partial charge in [0.15, 0.2) is 6.19 Å². The molecule has 1 aliphatic rings. The summed E-state index contributed by atoms with van der Waals surface area (Å²) < 4.78 is 10.3. The van der Waals surface area contributed by atoms with E-state index in [1.165, 1.54) is 0 Å². The minimum atomic E-state index is 0.0494. The van der Waals surface area contributed by atoms with Crippen molar-refractivity contribution < 1.29 is 9.47 Å². The lowest BCUT2D eigenvalue weighted by atomic mass is 10.3. The fourth-order valence-electron chi connectivity index (χ4n) is 0.814. The summed E-state index contributed by atoms with van der Waals surface area (Å²) in [6.07, 6.45) is 1.88. The maximum atomic E-state index is 8.14. The number of ether oxygens (including phenoxy) is 2. The molecule has 0 spiro atoms. The van der Waals surface area contributed by atoms with E-state index in [9.17, 15) is 0 Å². The molecule has 1 rings (SSSR count).